The second-order valence-corrected chi connectivity index (χ2v) is 4.24. The predicted molar refractivity (Wildman–Crippen MR) is 64.2 cm³/mol. The first-order valence-electron chi connectivity index (χ1n) is 5.16. The first kappa shape index (κ1) is 13.2. The topological polar surface area (TPSA) is 58.4 Å². The highest BCUT2D eigenvalue weighted by molar-refractivity contribution is 9.10. The van der Waals surface area contributed by atoms with Gasteiger partial charge in [0, 0.05) is 7.05 Å². The summed E-state index contributed by atoms with van der Waals surface area (Å²) in [6.07, 6.45) is 1.61. The largest absolute Gasteiger partial charge is 0.480 e. The molecular formula is C10H16BrN3O2. The third-order valence-electron chi connectivity index (χ3n) is 2.56. The lowest BCUT2D eigenvalue weighted by atomic mass is 10.2. The molecule has 0 saturated heterocycles. The molecule has 0 aliphatic rings. The Morgan fingerprint density at radius 2 is 2.19 bits per heavy atom. The first-order valence-corrected chi connectivity index (χ1v) is 5.95. The third kappa shape index (κ3) is 2.44. The summed E-state index contributed by atoms with van der Waals surface area (Å²) >= 11 is 3.36. The Morgan fingerprint density at radius 3 is 2.50 bits per heavy atom. The van der Waals surface area contributed by atoms with Crippen LogP contribution in [0.2, 0.25) is 0 Å². The van der Waals surface area contributed by atoms with Crippen LogP contribution in [0.1, 0.15) is 25.6 Å². The van der Waals surface area contributed by atoms with Crippen molar-refractivity contribution in [2.75, 3.05) is 13.1 Å². The molecule has 1 rings (SSSR count). The van der Waals surface area contributed by atoms with Gasteiger partial charge >= 0.3 is 5.97 Å². The lowest BCUT2D eigenvalue weighted by Crippen LogP contribution is -2.34. The van der Waals surface area contributed by atoms with E-state index in [2.05, 4.69) is 20.9 Å². The Hall–Kier alpha value is -0.880. The minimum Gasteiger partial charge on any atom is -0.480 e. The zero-order chi connectivity index (χ0) is 12.3. The number of nitrogens with zero attached hydrogens (tertiary/aromatic N) is 3. The lowest BCUT2D eigenvalue weighted by molar-refractivity contribution is -0.143. The smallest absolute Gasteiger partial charge is 0.327 e. The molecule has 90 valence electrons. The van der Waals surface area contributed by atoms with E-state index in [1.807, 2.05) is 25.8 Å². The van der Waals surface area contributed by atoms with Crippen LogP contribution in [-0.4, -0.2) is 38.6 Å². The summed E-state index contributed by atoms with van der Waals surface area (Å²) in [7, 11) is 1.82. The number of halogens is 1. The second-order valence-electron chi connectivity index (χ2n) is 3.49. The number of hydrogen-bond acceptors (Lipinski definition) is 3. The monoisotopic (exact) mass is 289 g/mol. The second kappa shape index (κ2) is 5.45. The molecule has 16 heavy (non-hydrogen) atoms. The fourth-order valence-electron chi connectivity index (χ4n) is 1.65. The number of imidazole rings is 1. The molecule has 0 spiro atoms. The van der Waals surface area contributed by atoms with Crippen molar-refractivity contribution < 1.29 is 9.90 Å². The van der Waals surface area contributed by atoms with E-state index >= 15 is 0 Å². The SMILES string of the molecule is CCN(CC)C(C(=O)O)c1ncn(C)c1Br. The average molecular weight is 290 g/mol. The molecule has 1 atom stereocenters. The van der Waals surface area contributed by atoms with Crippen LogP contribution in [0.15, 0.2) is 10.9 Å². The number of aryl methyl sites for hydroxylation is 1. The molecule has 0 aliphatic carbocycles. The van der Waals surface area contributed by atoms with Crippen LogP contribution < -0.4 is 0 Å². The highest BCUT2D eigenvalue weighted by Gasteiger charge is 2.29. The van der Waals surface area contributed by atoms with Crippen molar-refractivity contribution in [1.82, 2.24) is 14.5 Å². The van der Waals surface area contributed by atoms with Gasteiger partial charge in [0.05, 0.1) is 6.33 Å². The molecule has 1 heterocycles. The zero-order valence-electron chi connectivity index (χ0n) is 9.64. The van der Waals surface area contributed by atoms with Crippen molar-refractivity contribution in [2.45, 2.75) is 19.9 Å². The van der Waals surface area contributed by atoms with Gasteiger partial charge in [0.1, 0.15) is 10.3 Å². The maximum atomic E-state index is 11.3. The van der Waals surface area contributed by atoms with Gasteiger partial charge in [-0.05, 0) is 29.0 Å². The van der Waals surface area contributed by atoms with Crippen molar-refractivity contribution in [3.05, 3.63) is 16.6 Å². The maximum Gasteiger partial charge on any atom is 0.327 e. The highest BCUT2D eigenvalue weighted by atomic mass is 79.9. The van der Waals surface area contributed by atoms with E-state index in [1.54, 1.807) is 10.9 Å². The minimum atomic E-state index is -0.872. The number of carbonyl (C=O) groups is 1. The fourth-order valence-corrected chi connectivity index (χ4v) is 2.06. The number of likely N-dealkylation sites (N-methyl/N-ethyl adjacent to an activating group) is 1. The van der Waals surface area contributed by atoms with Gasteiger partial charge in [-0.25, -0.2) is 4.98 Å². The van der Waals surface area contributed by atoms with E-state index in [9.17, 15) is 9.90 Å². The Balaban J connectivity index is 3.12. The van der Waals surface area contributed by atoms with Gasteiger partial charge in [-0.2, -0.15) is 0 Å². The molecule has 0 saturated carbocycles. The van der Waals surface area contributed by atoms with E-state index in [4.69, 9.17) is 0 Å². The highest BCUT2D eigenvalue weighted by Crippen LogP contribution is 2.26. The Kier molecular flexibility index (Phi) is 4.49. The molecule has 0 aliphatic heterocycles. The van der Waals surface area contributed by atoms with Gasteiger partial charge < -0.3 is 9.67 Å². The average Bonchev–Trinajstić information content (AvgIpc) is 2.56. The van der Waals surface area contributed by atoms with Gasteiger partial charge in [-0.1, -0.05) is 13.8 Å². The molecule has 1 unspecified atom stereocenters. The van der Waals surface area contributed by atoms with Crippen molar-refractivity contribution >= 4 is 21.9 Å². The van der Waals surface area contributed by atoms with Gasteiger partial charge in [-0.15, -0.1) is 0 Å². The van der Waals surface area contributed by atoms with Crippen LogP contribution in [0.4, 0.5) is 0 Å². The molecule has 6 heteroatoms. The summed E-state index contributed by atoms with van der Waals surface area (Å²) in [6.45, 7) is 5.24. The van der Waals surface area contributed by atoms with Crippen LogP contribution in [-0.2, 0) is 11.8 Å². The molecule has 0 aromatic carbocycles. The van der Waals surface area contributed by atoms with Gasteiger partial charge in [0.2, 0.25) is 0 Å². The van der Waals surface area contributed by atoms with Crippen molar-refractivity contribution in [3.63, 3.8) is 0 Å². The lowest BCUT2D eigenvalue weighted by Gasteiger charge is -2.25. The van der Waals surface area contributed by atoms with Gasteiger partial charge in [-0.3, -0.25) is 9.69 Å². The van der Waals surface area contributed by atoms with Crippen molar-refractivity contribution in [3.8, 4) is 0 Å². The Bertz CT molecular complexity index is 374. The quantitative estimate of drug-likeness (QED) is 0.896. The molecule has 0 fully saturated rings. The van der Waals surface area contributed by atoms with Crippen LogP contribution in [0, 0.1) is 0 Å². The molecule has 1 N–H and O–H groups in total. The van der Waals surface area contributed by atoms with Crippen LogP contribution in [0.25, 0.3) is 0 Å². The molecule has 1 aromatic rings. The number of aromatic nitrogens is 2. The normalized spacial score (nSPS) is 13.1. The predicted octanol–water partition coefficient (Wildman–Crippen LogP) is 1.65. The van der Waals surface area contributed by atoms with Crippen LogP contribution >= 0.6 is 15.9 Å². The van der Waals surface area contributed by atoms with Crippen molar-refractivity contribution in [2.24, 2.45) is 7.05 Å². The molecule has 0 radical (unpaired) electrons. The molecule has 0 bridgehead atoms. The first-order chi connectivity index (χ1) is 7.52. The molecule has 1 aromatic heterocycles. The summed E-state index contributed by atoms with van der Waals surface area (Å²) in [4.78, 5) is 17.3. The summed E-state index contributed by atoms with van der Waals surface area (Å²) in [5.41, 5.74) is 0.554. The fraction of sp³-hybridized carbons (Fsp3) is 0.600. The van der Waals surface area contributed by atoms with E-state index in [1.165, 1.54) is 0 Å². The number of rotatable bonds is 5. The van der Waals surface area contributed by atoms with E-state index < -0.39 is 12.0 Å². The molecule has 0 amide bonds. The number of aliphatic carboxylic acids is 1. The van der Waals surface area contributed by atoms with Crippen LogP contribution in [0.3, 0.4) is 0 Å². The minimum absolute atomic E-state index is 0.554. The zero-order valence-corrected chi connectivity index (χ0v) is 11.2. The van der Waals surface area contributed by atoms with Crippen LogP contribution in [0.5, 0.6) is 0 Å². The van der Waals surface area contributed by atoms with Gasteiger partial charge in [0.25, 0.3) is 0 Å². The summed E-state index contributed by atoms with van der Waals surface area (Å²) in [6, 6.07) is -0.689. The number of carboxylic acid groups (broad SMARTS) is 1. The maximum absolute atomic E-state index is 11.3. The Labute approximate surface area is 103 Å². The molecular weight excluding hydrogens is 274 g/mol. The van der Waals surface area contributed by atoms with E-state index in [0.29, 0.717) is 23.4 Å². The Morgan fingerprint density at radius 1 is 1.62 bits per heavy atom. The number of hydrogen-bond donors (Lipinski definition) is 1. The molecule has 5 nitrogen and oxygen atoms in total. The third-order valence-corrected chi connectivity index (χ3v) is 3.53. The number of carboxylic acids is 1. The summed E-state index contributed by atoms with van der Waals surface area (Å²) < 4.78 is 2.47. The van der Waals surface area contributed by atoms with E-state index in [-0.39, 0.29) is 0 Å². The van der Waals surface area contributed by atoms with E-state index in [0.717, 1.165) is 0 Å². The van der Waals surface area contributed by atoms with Gasteiger partial charge in [0.15, 0.2) is 6.04 Å². The summed E-state index contributed by atoms with van der Waals surface area (Å²) in [5, 5.41) is 9.28. The van der Waals surface area contributed by atoms with Crippen molar-refractivity contribution in [1.29, 1.82) is 0 Å². The standard InChI is InChI=1S/C10H16BrN3O2/c1-4-14(5-2)8(10(15)16)7-9(11)13(3)6-12-7/h6,8H,4-5H2,1-3H3,(H,15,16). The summed E-state index contributed by atoms with van der Waals surface area (Å²) in [5.74, 6) is -0.872.